The van der Waals surface area contributed by atoms with Gasteiger partial charge in [0.1, 0.15) is 0 Å². The maximum atomic E-state index is 5.69. The molecule has 6 heteroatoms. The molecule has 114 valence electrons. The van der Waals surface area contributed by atoms with Gasteiger partial charge in [-0.15, -0.1) is 10.2 Å². The molecule has 1 heterocycles. The van der Waals surface area contributed by atoms with Crippen LogP contribution < -0.4 is 9.47 Å². The minimum absolute atomic E-state index is 0.125. The van der Waals surface area contributed by atoms with Crippen LogP contribution in [0.4, 0.5) is 0 Å². The lowest BCUT2D eigenvalue weighted by Gasteiger charge is -2.11. The molecule has 1 aromatic carbocycles. The van der Waals surface area contributed by atoms with Gasteiger partial charge in [-0.2, -0.15) is 0 Å². The highest BCUT2D eigenvalue weighted by molar-refractivity contribution is 7.99. The van der Waals surface area contributed by atoms with Crippen molar-refractivity contribution in [1.82, 2.24) is 10.2 Å². The number of benzene rings is 1. The average Bonchev–Trinajstić information content (AvgIpc) is 2.93. The highest BCUT2D eigenvalue weighted by Gasteiger charge is 2.21. The van der Waals surface area contributed by atoms with Gasteiger partial charge in [0.25, 0.3) is 5.22 Å². The lowest BCUT2D eigenvalue weighted by atomic mass is 9.97. The van der Waals surface area contributed by atoms with E-state index in [1.807, 2.05) is 45.0 Å². The molecule has 21 heavy (non-hydrogen) atoms. The Morgan fingerprint density at radius 3 is 2.48 bits per heavy atom. The minimum atomic E-state index is -0.125. The van der Waals surface area contributed by atoms with Crippen LogP contribution in [0.5, 0.6) is 11.5 Å². The van der Waals surface area contributed by atoms with Gasteiger partial charge in [-0.05, 0) is 12.1 Å². The topological polar surface area (TPSA) is 57.4 Å². The fraction of sp³-hybridized carbons (Fsp3) is 0.467. The van der Waals surface area contributed by atoms with E-state index in [0.29, 0.717) is 17.7 Å². The Labute approximate surface area is 129 Å². The number of para-hydroxylation sites is 2. The molecule has 0 amide bonds. The van der Waals surface area contributed by atoms with Gasteiger partial charge in [0.2, 0.25) is 5.89 Å². The van der Waals surface area contributed by atoms with E-state index in [0.717, 1.165) is 17.3 Å². The Morgan fingerprint density at radius 2 is 1.86 bits per heavy atom. The van der Waals surface area contributed by atoms with Crippen LogP contribution in [0.3, 0.4) is 0 Å². The molecule has 5 nitrogen and oxygen atoms in total. The van der Waals surface area contributed by atoms with Gasteiger partial charge >= 0.3 is 0 Å². The summed E-state index contributed by atoms with van der Waals surface area (Å²) in [6.07, 6.45) is 0. The van der Waals surface area contributed by atoms with E-state index in [1.165, 1.54) is 11.8 Å². The first-order valence-electron chi connectivity index (χ1n) is 6.73. The maximum Gasteiger partial charge on any atom is 0.276 e. The van der Waals surface area contributed by atoms with E-state index in [-0.39, 0.29) is 5.41 Å². The monoisotopic (exact) mass is 308 g/mol. The van der Waals surface area contributed by atoms with Crippen molar-refractivity contribution < 1.29 is 13.9 Å². The number of aromatic nitrogens is 2. The van der Waals surface area contributed by atoms with Crippen LogP contribution >= 0.6 is 11.8 Å². The fourth-order valence-corrected chi connectivity index (χ4v) is 2.17. The van der Waals surface area contributed by atoms with Crippen molar-refractivity contribution in [2.45, 2.75) is 31.4 Å². The maximum absolute atomic E-state index is 5.69. The van der Waals surface area contributed by atoms with Crippen molar-refractivity contribution in [3.05, 3.63) is 30.2 Å². The van der Waals surface area contributed by atoms with Gasteiger partial charge in [-0.3, -0.25) is 0 Å². The number of hydrogen-bond donors (Lipinski definition) is 0. The summed E-state index contributed by atoms with van der Waals surface area (Å²) >= 11 is 1.48. The van der Waals surface area contributed by atoms with Crippen molar-refractivity contribution in [3.8, 4) is 11.5 Å². The van der Waals surface area contributed by atoms with Crippen LogP contribution in [-0.4, -0.2) is 29.7 Å². The molecule has 0 aliphatic carbocycles. The summed E-state index contributed by atoms with van der Waals surface area (Å²) in [4.78, 5) is 0. The van der Waals surface area contributed by atoms with Crippen LogP contribution in [-0.2, 0) is 5.41 Å². The molecule has 0 unspecified atom stereocenters. The first-order valence-corrected chi connectivity index (χ1v) is 7.72. The molecule has 0 radical (unpaired) electrons. The molecule has 0 fully saturated rings. The van der Waals surface area contributed by atoms with Crippen LogP contribution in [0.1, 0.15) is 26.7 Å². The molecular weight excluding hydrogens is 288 g/mol. The van der Waals surface area contributed by atoms with Crippen molar-refractivity contribution in [3.63, 3.8) is 0 Å². The zero-order valence-electron chi connectivity index (χ0n) is 12.8. The molecule has 0 saturated carbocycles. The van der Waals surface area contributed by atoms with E-state index >= 15 is 0 Å². The molecule has 0 spiro atoms. The summed E-state index contributed by atoms with van der Waals surface area (Å²) in [6, 6.07) is 7.58. The summed E-state index contributed by atoms with van der Waals surface area (Å²) in [5.74, 6) is 2.84. The number of nitrogens with zero attached hydrogens (tertiary/aromatic N) is 2. The summed E-state index contributed by atoms with van der Waals surface area (Å²) in [5.41, 5.74) is -0.125. The number of ether oxygens (including phenoxy) is 2. The molecule has 2 rings (SSSR count). The summed E-state index contributed by atoms with van der Waals surface area (Å²) in [5, 5.41) is 8.65. The molecular formula is C15H20N2O3S. The molecule has 0 N–H and O–H groups in total. The van der Waals surface area contributed by atoms with Crippen molar-refractivity contribution in [2.24, 2.45) is 0 Å². The third kappa shape index (κ3) is 4.39. The van der Waals surface area contributed by atoms with Gasteiger partial charge in [-0.25, -0.2) is 0 Å². The quantitative estimate of drug-likeness (QED) is 0.601. The predicted molar refractivity (Wildman–Crippen MR) is 82.2 cm³/mol. The van der Waals surface area contributed by atoms with E-state index in [4.69, 9.17) is 13.9 Å². The highest BCUT2D eigenvalue weighted by Crippen LogP contribution is 2.27. The van der Waals surface area contributed by atoms with E-state index in [2.05, 4.69) is 10.2 Å². The fourth-order valence-electron chi connectivity index (χ4n) is 1.59. The Balaban J connectivity index is 1.81. The smallest absolute Gasteiger partial charge is 0.276 e. The second-order valence-electron chi connectivity index (χ2n) is 5.47. The third-order valence-electron chi connectivity index (χ3n) is 2.68. The molecule has 0 atom stereocenters. The largest absolute Gasteiger partial charge is 0.493 e. The first kappa shape index (κ1) is 15.7. The first-order chi connectivity index (χ1) is 10.0. The Morgan fingerprint density at radius 1 is 1.14 bits per heavy atom. The van der Waals surface area contributed by atoms with Gasteiger partial charge in [0.15, 0.2) is 11.5 Å². The van der Waals surface area contributed by atoms with Crippen LogP contribution in [0.2, 0.25) is 0 Å². The third-order valence-corrected chi connectivity index (χ3v) is 3.47. The van der Waals surface area contributed by atoms with Gasteiger partial charge < -0.3 is 13.9 Å². The molecule has 0 aliphatic heterocycles. The minimum Gasteiger partial charge on any atom is -0.493 e. The Hall–Kier alpha value is -1.69. The van der Waals surface area contributed by atoms with Crippen molar-refractivity contribution in [2.75, 3.05) is 19.5 Å². The van der Waals surface area contributed by atoms with Crippen LogP contribution in [0.15, 0.2) is 33.9 Å². The highest BCUT2D eigenvalue weighted by atomic mass is 32.2. The second-order valence-corrected chi connectivity index (χ2v) is 6.52. The van der Waals surface area contributed by atoms with Crippen molar-refractivity contribution >= 4 is 11.8 Å². The normalized spacial score (nSPS) is 11.4. The zero-order valence-corrected chi connectivity index (χ0v) is 13.6. The van der Waals surface area contributed by atoms with Crippen LogP contribution in [0, 0.1) is 0 Å². The lowest BCUT2D eigenvalue weighted by Crippen LogP contribution is -2.11. The Kier molecular flexibility index (Phi) is 5.12. The molecule has 2 aromatic rings. The van der Waals surface area contributed by atoms with E-state index in [9.17, 15) is 0 Å². The number of thioether (sulfide) groups is 1. The summed E-state index contributed by atoms with van der Waals surface area (Å²) in [7, 11) is 1.63. The van der Waals surface area contributed by atoms with E-state index < -0.39 is 0 Å². The SMILES string of the molecule is COc1ccccc1OCCSc1nnc(C(C)(C)C)o1. The number of rotatable bonds is 6. The van der Waals surface area contributed by atoms with Gasteiger partial charge in [0.05, 0.1) is 13.7 Å². The van der Waals surface area contributed by atoms with Crippen LogP contribution in [0.25, 0.3) is 0 Å². The second kappa shape index (κ2) is 6.85. The molecule has 1 aromatic heterocycles. The van der Waals surface area contributed by atoms with Gasteiger partial charge in [-0.1, -0.05) is 44.7 Å². The average molecular weight is 308 g/mol. The number of methoxy groups -OCH3 is 1. The summed E-state index contributed by atoms with van der Waals surface area (Å²) < 4.78 is 16.5. The molecule has 0 bridgehead atoms. The Bertz CT molecular complexity index is 578. The molecule has 0 saturated heterocycles. The van der Waals surface area contributed by atoms with E-state index in [1.54, 1.807) is 7.11 Å². The number of hydrogen-bond acceptors (Lipinski definition) is 6. The standard InChI is InChI=1S/C15H20N2O3S/c1-15(2,3)13-16-17-14(20-13)21-10-9-19-12-8-6-5-7-11(12)18-4/h5-8H,9-10H2,1-4H3. The summed E-state index contributed by atoms with van der Waals surface area (Å²) in [6.45, 7) is 6.66. The zero-order chi connectivity index (χ0) is 15.3. The molecule has 0 aliphatic rings. The predicted octanol–water partition coefficient (Wildman–Crippen LogP) is 3.55. The van der Waals surface area contributed by atoms with Gasteiger partial charge in [0, 0.05) is 11.2 Å². The lowest BCUT2D eigenvalue weighted by molar-refractivity contribution is 0.312. The van der Waals surface area contributed by atoms with Crippen molar-refractivity contribution in [1.29, 1.82) is 0 Å².